The highest BCUT2D eigenvalue weighted by atomic mass is 32.1. The molecule has 45 heavy (non-hydrogen) atoms. The van der Waals surface area contributed by atoms with E-state index in [1.54, 1.807) is 0 Å². The molecule has 1 aliphatic rings. The quantitative estimate of drug-likeness (QED) is 0.171. The van der Waals surface area contributed by atoms with Gasteiger partial charge < -0.3 is 14.6 Å². The zero-order valence-corrected chi connectivity index (χ0v) is 25.6. The SMILES string of the molecule is OC(c1ccccc1)(c1ccccc1)[C@@H]1OC(c2ccccc2)(c2ccccc2)O[C@H]1C(S)(c1ccccc1)c1ccccc1. The fraction of sp³-hybridized carbons (Fsp3) is 0.122. The van der Waals surface area contributed by atoms with E-state index < -0.39 is 28.3 Å². The Morgan fingerprint density at radius 1 is 0.422 bits per heavy atom. The molecule has 0 saturated carbocycles. The van der Waals surface area contributed by atoms with Crippen molar-refractivity contribution in [2.75, 3.05) is 0 Å². The lowest BCUT2D eigenvalue weighted by Gasteiger charge is -2.43. The van der Waals surface area contributed by atoms with Crippen LogP contribution in [-0.2, 0) is 25.6 Å². The van der Waals surface area contributed by atoms with Crippen molar-refractivity contribution in [1.29, 1.82) is 0 Å². The van der Waals surface area contributed by atoms with E-state index in [1.807, 2.05) is 158 Å². The minimum atomic E-state index is -1.63. The largest absolute Gasteiger partial charge is 0.378 e. The molecule has 0 bridgehead atoms. The monoisotopic (exact) mass is 606 g/mol. The molecule has 0 spiro atoms. The van der Waals surface area contributed by atoms with Crippen LogP contribution in [0.4, 0.5) is 0 Å². The van der Waals surface area contributed by atoms with Gasteiger partial charge in [0, 0.05) is 11.1 Å². The Hall–Kier alpha value is -4.45. The van der Waals surface area contributed by atoms with Crippen LogP contribution in [0, 0.1) is 0 Å². The van der Waals surface area contributed by atoms with Crippen molar-refractivity contribution in [3.05, 3.63) is 215 Å². The Labute approximate surface area is 270 Å². The van der Waals surface area contributed by atoms with Gasteiger partial charge in [-0.1, -0.05) is 182 Å². The molecule has 6 aromatic rings. The average molecular weight is 607 g/mol. The summed E-state index contributed by atoms with van der Waals surface area (Å²) in [6, 6.07) is 59.7. The van der Waals surface area contributed by atoms with E-state index in [0.29, 0.717) is 11.1 Å². The first-order valence-corrected chi connectivity index (χ1v) is 15.6. The molecule has 0 unspecified atom stereocenters. The summed E-state index contributed by atoms with van der Waals surface area (Å²) in [5.74, 6) is -1.35. The van der Waals surface area contributed by atoms with E-state index in [-0.39, 0.29) is 0 Å². The number of hydrogen-bond acceptors (Lipinski definition) is 4. The van der Waals surface area contributed by atoms with Crippen LogP contribution in [0.1, 0.15) is 33.4 Å². The Morgan fingerprint density at radius 2 is 0.711 bits per heavy atom. The molecule has 6 aromatic carbocycles. The number of ether oxygens (including phenoxy) is 2. The molecule has 0 amide bonds. The lowest BCUT2D eigenvalue weighted by atomic mass is 9.74. The molecule has 4 heteroatoms. The van der Waals surface area contributed by atoms with Gasteiger partial charge >= 0.3 is 0 Å². The predicted molar refractivity (Wildman–Crippen MR) is 182 cm³/mol. The highest BCUT2D eigenvalue weighted by Gasteiger charge is 2.63. The second-order valence-electron chi connectivity index (χ2n) is 11.4. The average Bonchev–Trinajstić information content (AvgIpc) is 3.56. The van der Waals surface area contributed by atoms with Crippen LogP contribution in [0.25, 0.3) is 0 Å². The van der Waals surface area contributed by atoms with Gasteiger partial charge in [0.05, 0.1) is 4.75 Å². The molecular weight excluding hydrogens is 573 g/mol. The summed E-state index contributed by atoms with van der Waals surface area (Å²) in [7, 11) is 0. The first-order chi connectivity index (χ1) is 22.1. The van der Waals surface area contributed by atoms with Gasteiger partial charge in [0.1, 0.15) is 17.8 Å². The van der Waals surface area contributed by atoms with Crippen LogP contribution in [-0.4, -0.2) is 17.3 Å². The van der Waals surface area contributed by atoms with Crippen molar-refractivity contribution in [2.24, 2.45) is 0 Å². The van der Waals surface area contributed by atoms with Crippen LogP contribution in [0.3, 0.4) is 0 Å². The van der Waals surface area contributed by atoms with Gasteiger partial charge in [0.2, 0.25) is 5.79 Å². The van der Waals surface area contributed by atoms with E-state index >= 15 is 0 Å². The summed E-state index contributed by atoms with van der Waals surface area (Å²) < 4.78 is 13.8. The molecule has 1 fully saturated rings. The molecule has 3 nitrogen and oxygen atoms in total. The second kappa shape index (κ2) is 12.2. The van der Waals surface area contributed by atoms with E-state index in [9.17, 15) is 5.11 Å². The summed E-state index contributed by atoms with van der Waals surface area (Å²) in [5.41, 5.74) is 3.27. The minimum absolute atomic E-state index is 0.698. The zero-order valence-electron chi connectivity index (χ0n) is 24.7. The molecule has 0 aromatic heterocycles. The molecule has 0 aliphatic carbocycles. The van der Waals surface area contributed by atoms with Gasteiger partial charge in [-0.3, -0.25) is 0 Å². The summed E-state index contributed by atoms with van der Waals surface area (Å²) in [6.07, 6.45) is -1.72. The summed E-state index contributed by atoms with van der Waals surface area (Å²) in [6.45, 7) is 0. The van der Waals surface area contributed by atoms with Crippen LogP contribution in [0.2, 0.25) is 0 Å². The maximum Gasteiger partial charge on any atom is 0.223 e. The van der Waals surface area contributed by atoms with E-state index in [4.69, 9.17) is 22.1 Å². The van der Waals surface area contributed by atoms with E-state index in [2.05, 4.69) is 24.3 Å². The van der Waals surface area contributed by atoms with Crippen molar-refractivity contribution in [3.8, 4) is 0 Å². The standard InChI is InChI=1S/C41H34O3S/c42-39(31-19-7-1-8-20-31,32-21-9-2-10-22-32)37-38(40(45,33-23-11-3-12-24-33)34-25-13-4-14-26-34)44-41(43-37,35-27-15-5-16-28-35)36-29-17-6-18-30-36/h1-30,37-38,42,45H/t37-,38-/m1/s1. The minimum Gasteiger partial charge on any atom is -0.378 e. The first-order valence-electron chi connectivity index (χ1n) is 15.2. The topological polar surface area (TPSA) is 38.7 Å². The third-order valence-corrected chi connectivity index (χ3v) is 9.62. The van der Waals surface area contributed by atoms with E-state index in [1.165, 1.54) is 0 Å². The van der Waals surface area contributed by atoms with Crippen molar-refractivity contribution in [3.63, 3.8) is 0 Å². The van der Waals surface area contributed by atoms with Crippen LogP contribution in [0.5, 0.6) is 0 Å². The molecule has 1 heterocycles. The normalized spacial score (nSPS) is 18.0. The highest BCUT2D eigenvalue weighted by Crippen LogP contribution is 2.56. The van der Waals surface area contributed by atoms with Gasteiger partial charge in [-0.05, 0) is 22.3 Å². The van der Waals surface area contributed by atoms with Crippen molar-refractivity contribution >= 4 is 12.6 Å². The fourth-order valence-electron chi connectivity index (χ4n) is 6.63. The smallest absolute Gasteiger partial charge is 0.223 e. The lowest BCUT2D eigenvalue weighted by molar-refractivity contribution is -0.170. The molecule has 2 atom stereocenters. The summed E-state index contributed by atoms with van der Waals surface area (Å²) in [4.78, 5) is 0. The van der Waals surface area contributed by atoms with Gasteiger partial charge in [-0.25, -0.2) is 0 Å². The second-order valence-corrected chi connectivity index (χ2v) is 12.1. The Morgan fingerprint density at radius 3 is 1.07 bits per heavy atom. The van der Waals surface area contributed by atoms with Crippen molar-refractivity contribution in [2.45, 2.75) is 28.3 Å². The zero-order chi connectivity index (χ0) is 30.7. The molecule has 0 radical (unpaired) electrons. The predicted octanol–water partition coefficient (Wildman–Crippen LogP) is 8.48. The van der Waals surface area contributed by atoms with Crippen LogP contribution >= 0.6 is 12.6 Å². The lowest BCUT2D eigenvalue weighted by Crippen LogP contribution is -2.53. The Balaban J connectivity index is 1.56. The summed E-state index contributed by atoms with van der Waals surface area (Å²) >= 11 is 5.60. The number of aliphatic hydroxyl groups is 1. The van der Waals surface area contributed by atoms with Gasteiger partial charge in [-0.15, -0.1) is 0 Å². The third kappa shape index (κ3) is 5.01. The number of thiol groups is 1. The van der Waals surface area contributed by atoms with Crippen molar-refractivity contribution in [1.82, 2.24) is 0 Å². The van der Waals surface area contributed by atoms with Gasteiger partial charge in [-0.2, -0.15) is 12.6 Å². The third-order valence-electron chi connectivity index (χ3n) is 8.85. The summed E-state index contributed by atoms with van der Waals surface area (Å²) in [5, 5.41) is 13.4. The molecular formula is C41H34O3S. The van der Waals surface area contributed by atoms with Crippen molar-refractivity contribution < 1.29 is 14.6 Å². The fourth-order valence-corrected chi connectivity index (χ4v) is 7.12. The maximum atomic E-state index is 13.4. The number of hydrogen-bond donors (Lipinski definition) is 2. The van der Waals surface area contributed by atoms with Gasteiger partial charge in [0.15, 0.2) is 0 Å². The number of rotatable bonds is 8. The van der Waals surface area contributed by atoms with E-state index in [0.717, 1.165) is 22.3 Å². The Bertz CT molecular complexity index is 1600. The van der Waals surface area contributed by atoms with Crippen LogP contribution in [0.15, 0.2) is 182 Å². The van der Waals surface area contributed by atoms with Gasteiger partial charge in [0.25, 0.3) is 0 Å². The maximum absolute atomic E-state index is 13.4. The Kier molecular flexibility index (Phi) is 7.90. The van der Waals surface area contributed by atoms with Crippen LogP contribution < -0.4 is 0 Å². The molecule has 1 saturated heterocycles. The first kappa shape index (κ1) is 29.3. The molecule has 1 aliphatic heterocycles. The molecule has 1 N–H and O–H groups in total. The highest BCUT2D eigenvalue weighted by molar-refractivity contribution is 7.81. The number of benzene rings is 6. The molecule has 222 valence electrons. The molecule has 7 rings (SSSR count).